The zero-order valence-corrected chi connectivity index (χ0v) is 8.30. The molecule has 1 unspecified atom stereocenters. The van der Waals surface area contributed by atoms with E-state index >= 15 is 0 Å². The minimum absolute atomic E-state index is 0.602. The number of nitrogens with zero attached hydrogens (tertiary/aromatic N) is 2. The number of piperidine rings is 1. The maximum Gasteiger partial charge on any atom is 0.202 e. The molecule has 3 nitrogen and oxygen atoms in total. The highest BCUT2D eigenvalue weighted by molar-refractivity contribution is 6.28. The van der Waals surface area contributed by atoms with Gasteiger partial charge in [-0.2, -0.15) is 0 Å². The van der Waals surface area contributed by atoms with Gasteiger partial charge in [0.1, 0.15) is 0 Å². The molecule has 0 amide bonds. The van der Waals surface area contributed by atoms with Crippen LogP contribution in [0.4, 0.5) is 0 Å². The summed E-state index contributed by atoms with van der Waals surface area (Å²) < 4.78 is 2.01. The van der Waals surface area contributed by atoms with E-state index in [9.17, 15) is 0 Å². The van der Waals surface area contributed by atoms with Crippen LogP contribution < -0.4 is 5.32 Å². The van der Waals surface area contributed by atoms with Crippen LogP contribution in [0.3, 0.4) is 0 Å². The van der Waals surface area contributed by atoms with E-state index < -0.39 is 0 Å². The zero-order valence-electron chi connectivity index (χ0n) is 7.54. The third-order valence-corrected chi connectivity index (χ3v) is 2.83. The summed E-state index contributed by atoms with van der Waals surface area (Å²) in [6.07, 6.45) is 6.26. The molecule has 13 heavy (non-hydrogen) atoms. The lowest BCUT2D eigenvalue weighted by atomic mass is 10.00. The molecule has 2 rings (SSSR count). The highest BCUT2D eigenvalue weighted by atomic mass is 35.5. The maximum atomic E-state index is 5.89. The lowest BCUT2D eigenvalue weighted by molar-refractivity contribution is 0.337. The van der Waals surface area contributed by atoms with Crippen LogP contribution in [0, 0.1) is 5.92 Å². The molecule has 1 aromatic rings. The number of nitrogens with one attached hydrogen (secondary N) is 1. The minimum Gasteiger partial charge on any atom is -0.321 e. The van der Waals surface area contributed by atoms with Crippen LogP contribution in [0.2, 0.25) is 5.28 Å². The van der Waals surface area contributed by atoms with E-state index in [-0.39, 0.29) is 0 Å². The second kappa shape index (κ2) is 4.11. The molecule has 1 fully saturated rings. The van der Waals surface area contributed by atoms with E-state index in [1.54, 1.807) is 6.20 Å². The predicted octanol–water partition coefficient (Wildman–Crippen LogP) is 1.54. The van der Waals surface area contributed by atoms with Crippen molar-refractivity contribution < 1.29 is 0 Å². The van der Waals surface area contributed by atoms with Crippen molar-refractivity contribution in [2.24, 2.45) is 5.92 Å². The van der Waals surface area contributed by atoms with Crippen molar-refractivity contribution in [1.82, 2.24) is 14.9 Å². The molecule has 0 aliphatic carbocycles. The molecule has 0 spiro atoms. The molecule has 0 bridgehead atoms. The Morgan fingerprint density at radius 3 is 3.23 bits per heavy atom. The summed E-state index contributed by atoms with van der Waals surface area (Å²) in [6.45, 7) is 3.26. The average molecular weight is 200 g/mol. The number of rotatable bonds is 2. The fourth-order valence-corrected chi connectivity index (χ4v) is 1.99. The molecule has 0 radical (unpaired) electrons. The number of halogens is 1. The summed E-state index contributed by atoms with van der Waals surface area (Å²) in [5, 5.41) is 3.99. The van der Waals surface area contributed by atoms with Gasteiger partial charge >= 0.3 is 0 Å². The second-order valence-electron chi connectivity index (χ2n) is 3.56. The van der Waals surface area contributed by atoms with Gasteiger partial charge in [-0.05, 0) is 43.5 Å². The molecular weight excluding hydrogens is 186 g/mol. The van der Waals surface area contributed by atoms with Gasteiger partial charge in [-0.15, -0.1) is 0 Å². The van der Waals surface area contributed by atoms with Crippen molar-refractivity contribution in [3.63, 3.8) is 0 Å². The summed E-state index contributed by atoms with van der Waals surface area (Å²) in [7, 11) is 0. The number of aromatic nitrogens is 2. The van der Waals surface area contributed by atoms with Gasteiger partial charge < -0.3 is 9.88 Å². The predicted molar refractivity (Wildman–Crippen MR) is 52.8 cm³/mol. The molecule has 1 atom stereocenters. The third-order valence-electron chi connectivity index (χ3n) is 2.52. The van der Waals surface area contributed by atoms with Gasteiger partial charge in [-0.25, -0.2) is 4.98 Å². The van der Waals surface area contributed by atoms with E-state index in [0.29, 0.717) is 11.2 Å². The van der Waals surface area contributed by atoms with Crippen LogP contribution in [-0.2, 0) is 6.54 Å². The van der Waals surface area contributed by atoms with Crippen LogP contribution in [0.5, 0.6) is 0 Å². The Morgan fingerprint density at radius 1 is 1.69 bits per heavy atom. The van der Waals surface area contributed by atoms with Gasteiger partial charge in [0.05, 0.1) is 0 Å². The van der Waals surface area contributed by atoms with E-state index in [4.69, 9.17) is 11.6 Å². The lowest BCUT2D eigenvalue weighted by Gasteiger charge is -2.23. The Labute approximate surface area is 83.1 Å². The van der Waals surface area contributed by atoms with Crippen LogP contribution in [0.25, 0.3) is 0 Å². The van der Waals surface area contributed by atoms with Crippen molar-refractivity contribution in [1.29, 1.82) is 0 Å². The first-order valence-corrected chi connectivity index (χ1v) is 5.11. The number of hydrogen-bond acceptors (Lipinski definition) is 2. The first-order valence-electron chi connectivity index (χ1n) is 4.73. The average Bonchev–Trinajstić information content (AvgIpc) is 2.54. The fourth-order valence-electron chi connectivity index (χ4n) is 1.81. The normalized spacial score (nSPS) is 23.3. The highest BCUT2D eigenvalue weighted by Crippen LogP contribution is 2.15. The molecule has 72 valence electrons. The smallest absolute Gasteiger partial charge is 0.202 e. The Hall–Kier alpha value is -0.540. The van der Waals surface area contributed by atoms with Crippen LogP contribution in [0.1, 0.15) is 12.8 Å². The van der Waals surface area contributed by atoms with Gasteiger partial charge in [-0.3, -0.25) is 0 Å². The van der Waals surface area contributed by atoms with E-state index in [2.05, 4.69) is 10.3 Å². The molecule has 4 heteroatoms. The molecule has 1 N–H and O–H groups in total. The summed E-state index contributed by atoms with van der Waals surface area (Å²) in [5.41, 5.74) is 0. The molecular formula is C9H14ClN3. The van der Waals surface area contributed by atoms with Crippen LogP contribution in [-0.4, -0.2) is 22.6 Å². The maximum absolute atomic E-state index is 5.89. The molecule has 0 saturated carbocycles. The molecule has 1 saturated heterocycles. The summed E-state index contributed by atoms with van der Waals surface area (Å²) in [4.78, 5) is 3.99. The Morgan fingerprint density at radius 2 is 2.62 bits per heavy atom. The molecule has 0 aromatic carbocycles. The van der Waals surface area contributed by atoms with Crippen molar-refractivity contribution >= 4 is 11.6 Å². The largest absolute Gasteiger partial charge is 0.321 e. The molecule has 2 heterocycles. The highest BCUT2D eigenvalue weighted by Gasteiger charge is 2.14. The standard InChI is InChI=1S/C9H14ClN3/c10-9-12-4-5-13(9)7-8-2-1-3-11-6-8/h4-5,8,11H,1-3,6-7H2. The third kappa shape index (κ3) is 2.23. The topological polar surface area (TPSA) is 29.9 Å². The van der Waals surface area contributed by atoms with Crippen molar-refractivity contribution in [3.8, 4) is 0 Å². The molecule has 1 aliphatic heterocycles. The quantitative estimate of drug-likeness (QED) is 0.783. The minimum atomic E-state index is 0.602. The van der Waals surface area contributed by atoms with Crippen LogP contribution in [0.15, 0.2) is 12.4 Å². The van der Waals surface area contributed by atoms with E-state index in [0.717, 1.165) is 19.6 Å². The Bertz CT molecular complexity index is 266. The summed E-state index contributed by atoms with van der Waals surface area (Å²) in [6, 6.07) is 0. The van der Waals surface area contributed by atoms with Gasteiger partial charge in [0, 0.05) is 18.9 Å². The lowest BCUT2D eigenvalue weighted by Crippen LogP contribution is -2.32. The van der Waals surface area contributed by atoms with Gasteiger partial charge in [-0.1, -0.05) is 0 Å². The van der Waals surface area contributed by atoms with E-state index in [1.165, 1.54) is 12.8 Å². The van der Waals surface area contributed by atoms with Gasteiger partial charge in [0.15, 0.2) is 0 Å². The van der Waals surface area contributed by atoms with Crippen molar-refractivity contribution in [2.75, 3.05) is 13.1 Å². The molecule has 1 aliphatic rings. The Kier molecular flexibility index (Phi) is 2.86. The number of hydrogen-bond donors (Lipinski definition) is 1. The first-order chi connectivity index (χ1) is 6.36. The van der Waals surface area contributed by atoms with Gasteiger partial charge in [0.2, 0.25) is 5.28 Å². The van der Waals surface area contributed by atoms with E-state index in [1.807, 2.05) is 10.8 Å². The molecule has 1 aromatic heterocycles. The van der Waals surface area contributed by atoms with Crippen molar-refractivity contribution in [3.05, 3.63) is 17.7 Å². The summed E-state index contributed by atoms with van der Waals surface area (Å²) in [5.74, 6) is 0.709. The summed E-state index contributed by atoms with van der Waals surface area (Å²) >= 11 is 5.89. The Balaban J connectivity index is 1.93. The fraction of sp³-hybridized carbons (Fsp3) is 0.667. The SMILES string of the molecule is Clc1nccn1CC1CCCNC1. The van der Waals surface area contributed by atoms with Crippen molar-refractivity contribution in [2.45, 2.75) is 19.4 Å². The first kappa shape index (κ1) is 9.03. The number of imidazole rings is 1. The second-order valence-corrected chi connectivity index (χ2v) is 3.90. The zero-order chi connectivity index (χ0) is 9.10. The monoisotopic (exact) mass is 199 g/mol. The van der Waals surface area contributed by atoms with Crippen LogP contribution >= 0.6 is 11.6 Å². The van der Waals surface area contributed by atoms with Gasteiger partial charge in [0.25, 0.3) is 0 Å².